The van der Waals surface area contributed by atoms with Crippen molar-refractivity contribution in [2.75, 3.05) is 0 Å². The van der Waals surface area contributed by atoms with Gasteiger partial charge in [-0.15, -0.1) is 0 Å². The lowest BCUT2D eigenvalue weighted by Crippen LogP contribution is -2.30. The predicted molar refractivity (Wildman–Crippen MR) is 101 cm³/mol. The van der Waals surface area contributed by atoms with E-state index in [9.17, 15) is 4.79 Å². The maximum atomic E-state index is 12.8. The highest BCUT2D eigenvalue weighted by Crippen LogP contribution is 2.37. The number of rotatable bonds is 3. The maximum absolute atomic E-state index is 12.8. The number of amides is 1. The van der Waals surface area contributed by atoms with Gasteiger partial charge >= 0.3 is 0 Å². The summed E-state index contributed by atoms with van der Waals surface area (Å²) in [6.45, 7) is 4.06. The van der Waals surface area contributed by atoms with Crippen LogP contribution in [0.4, 0.5) is 0 Å². The SMILES string of the molecule is Cc1ccc(/C=C2/SC(=S)N([C@H](C)c3ccccc3)C2=O)cc1. The van der Waals surface area contributed by atoms with Crippen LogP contribution in [-0.2, 0) is 4.79 Å². The van der Waals surface area contributed by atoms with Gasteiger partial charge in [0, 0.05) is 0 Å². The van der Waals surface area contributed by atoms with Crippen LogP contribution in [0, 0.1) is 6.92 Å². The van der Waals surface area contributed by atoms with Crippen LogP contribution in [0.1, 0.15) is 29.7 Å². The molecule has 1 aliphatic rings. The van der Waals surface area contributed by atoms with Gasteiger partial charge in [-0.3, -0.25) is 9.69 Å². The van der Waals surface area contributed by atoms with Crippen molar-refractivity contribution in [1.82, 2.24) is 4.90 Å². The molecule has 0 saturated carbocycles. The van der Waals surface area contributed by atoms with Crippen molar-refractivity contribution in [2.24, 2.45) is 0 Å². The summed E-state index contributed by atoms with van der Waals surface area (Å²) in [5.41, 5.74) is 3.30. The topological polar surface area (TPSA) is 20.3 Å². The summed E-state index contributed by atoms with van der Waals surface area (Å²) in [5.74, 6) is -0.0167. The molecule has 0 bridgehead atoms. The van der Waals surface area contributed by atoms with Gasteiger partial charge < -0.3 is 0 Å². The van der Waals surface area contributed by atoms with Crippen molar-refractivity contribution < 1.29 is 4.79 Å². The van der Waals surface area contributed by atoms with Crippen molar-refractivity contribution in [2.45, 2.75) is 19.9 Å². The van der Waals surface area contributed by atoms with E-state index >= 15 is 0 Å². The molecule has 0 N–H and O–H groups in total. The summed E-state index contributed by atoms with van der Waals surface area (Å²) < 4.78 is 0.615. The van der Waals surface area contributed by atoms with Crippen LogP contribution in [0.25, 0.3) is 6.08 Å². The zero-order valence-corrected chi connectivity index (χ0v) is 14.7. The molecule has 1 heterocycles. The van der Waals surface area contributed by atoms with Crippen molar-refractivity contribution in [3.8, 4) is 0 Å². The second-order valence-electron chi connectivity index (χ2n) is 5.55. The molecule has 23 heavy (non-hydrogen) atoms. The van der Waals surface area contributed by atoms with Gasteiger partial charge in [-0.05, 0) is 31.1 Å². The number of carbonyl (C=O) groups excluding carboxylic acids is 1. The number of carbonyl (C=O) groups is 1. The van der Waals surface area contributed by atoms with Crippen molar-refractivity contribution in [1.29, 1.82) is 0 Å². The Hall–Kier alpha value is -1.91. The van der Waals surface area contributed by atoms with E-state index in [2.05, 4.69) is 0 Å². The second kappa shape index (κ2) is 6.69. The smallest absolute Gasteiger partial charge is 0.266 e. The van der Waals surface area contributed by atoms with Gasteiger partial charge in [0.2, 0.25) is 0 Å². The first kappa shape index (κ1) is 16.0. The fourth-order valence-electron chi connectivity index (χ4n) is 2.51. The Morgan fingerprint density at radius 3 is 2.39 bits per heavy atom. The van der Waals surface area contributed by atoms with Crippen molar-refractivity contribution in [3.05, 3.63) is 76.2 Å². The van der Waals surface area contributed by atoms with Crippen LogP contribution in [0.5, 0.6) is 0 Å². The molecule has 4 heteroatoms. The molecule has 1 aliphatic heterocycles. The molecule has 0 unspecified atom stereocenters. The molecule has 0 spiro atoms. The lowest BCUT2D eigenvalue weighted by molar-refractivity contribution is -0.123. The highest BCUT2D eigenvalue weighted by Gasteiger charge is 2.35. The molecular weight excluding hydrogens is 322 g/mol. The minimum atomic E-state index is -0.0624. The highest BCUT2D eigenvalue weighted by atomic mass is 32.2. The number of nitrogens with zero attached hydrogens (tertiary/aromatic N) is 1. The Morgan fingerprint density at radius 1 is 1.09 bits per heavy atom. The van der Waals surface area contributed by atoms with Gasteiger partial charge in [-0.1, -0.05) is 84.1 Å². The molecule has 0 aliphatic carbocycles. The zero-order valence-electron chi connectivity index (χ0n) is 13.0. The number of benzene rings is 2. The zero-order chi connectivity index (χ0) is 16.4. The minimum Gasteiger partial charge on any atom is -0.286 e. The summed E-state index contributed by atoms with van der Waals surface area (Å²) in [5, 5.41) is 0. The molecule has 0 radical (unpaired) electrons. The largest absolute Gasteiger partial charge is 0.286 e. The van der Waals surface area contributed by atoms with Crippen LogP contribution in [0.3, 0.4) is 0 Å². The molecule has 2 nitrogen and oxygen atoms in total. The van der Waals surface area contributed by atoms with Crippen LogP contribution in [0.2, 0.25) is 0 Å². The number of aryl methyl sites for hydroxylation is 1. The van der Waals surface area contributed by atoms with E-state index in [0.29, 0.717) is 9.23 Å². The van der Waals surface area contributed by atoms with Gasteiger partial charge in [0.25, 0.3) is 5.91 Å². The van der Waals surface area contributed by atoms with Gasteiger partial charge in [-0.25, -0.2) is 0 Å². The standard InChI is InChI=1S/C19H17NOS2/c1-13-8-10-15(11-9-13)12-17-18(21)20(19(22)23-17)14(2)16-6-4-3-5-7-16/h3-12,14H,1-2H3/b17-12+/t14-/m1/s1. The van der Waals surface area contributed by atoms with E-state index < -0.39 is 0 Å². The van der Waals surface area contributed by atoms with Crippen molar-refractivity contribution >= 4 is 40.3 Å². The third-order valence-electron chi connectivity index (χ3n) is 3.87. The quantitative estimate of drug-likeness (QED) is 0.582. The van der Waals surface area contributed by atoms with E-state index in [0.717, 1.165) is 11.1 Å². The fraction of sp³-hybridized carbons (Fsp3) is 0.158. The first-order valence-electron chi connectivity index (χ1n) is 7.45. The van der Waals surface area contributed by atoms with Crippen LogP contribution in [-0.4, -0.2) is 15.1 Å². The number of thioether (sulfide) groups is 1. The molecular formula is C19H17NOS2. The molecule has 3 rings (SSSR count). The van der Waals surface area contributed by atoms with E-state index in [1.54, 1.807) is 4.90 Å². The monoisotopic (exact) mass is 339 g/mol. The summed E-state index contributed by atoms with van der Waals surface area (Å²) in [4.78, 5) is 15.1. The lowest BCUT2D eigenvalue weighted by Gasteiger charge is -2.23. The Morgan fingerprint density at radius 2 is 1.74 bits per heavy atom. The van der Waals surface area contributed by atoms with E-state index in [4.69, 9.17) is 12.2 Å². The fourth-order valence-corrected chi connectivity index (χ4v) is 3.93. The second-order valence-corrected chi connectivity index (χ2v) is 7.22. The molecule has 2 aromatic carbocycles. The van der Waals surface area contributed by atoms with Gasteiger partial charge in [0.15, 0.2) is 0 Å². The molecule has 2 aromatic rings. The van der Waals surface area contributed by atoms with E-state index in [-0.39, 0.29) is 11.9 Å². The first-order chi connectivity index (χ1) is 11.1. The molecule has 1 atom stereocenters. The summed E-state index contributed by atoms with van der Waals surface area (Å²) in [7, 11) is 0. The van der Waals surface area contributed by atoms with Gasteiger partial charge in [0.05, 0.1) is 10.9 Å². The van der Waals surface area contributed by atoms with Crippen molar-refractivity contribution in [3.63, 3.8) is 0 Å². The average molecular weight is 339 g/mol. The Bertz CT molecular complexity index is 766. The maximum Gasteiger partial charge on any atom is 0.266 e. The normalized spacial score (nSPS) is 17.8. The third kappa shape index (κ3) is 3.38. The van der Waals surface area contributed by atoms with E-state index in [1.807, 2.05) is 74.5 Å². The lowest BCUT2D eigenvalue weighted by atomic mass is 10.1. The highest BCUT2D eigenvalue weighted by molar-refractivity contribution is 8.26. The number of hydrogen-bond acceptors (Lipinski definition) is 3. The van der Waals surface area contributed by atoms with Gasteiger partial charge in [0.1, 0.15) is 4.32 Å². The number of hydrogen-bond donors (Lipinski definition) is 0. The first-order valence-corrected chi connectivity index (χ1v) is 8.67. The summed E-state index contributed by atoms with van der Waals surface area (Å²) in [6.07, 6.45) is 1.91. The molecule has 0 aromatic heterocycles. The van der Waals surface area contributed by atoms with Gasteiger partial charge in [-0.2, -0.15) is 0 Å². The van der Waals surface area contributed by atoms with Crippen LogP contribution < -0.4 is 0 Å². The Labute approximate surface area is 146 Å². The summed E-state index contributed by atoms with van der Waals surface area (Å²) >= 11 is 6.81. The average Bonchev–Trinajstić information content (AvgIpc) is 2.84. The van der Waals surface area contributed by atoms with E-state index in [1.165, 1.54) is 17.3 Å². The number of thiocarbonyl (C=S) groups is 1. The molecule has 1 saturated heterocycles. The third-order valence-corrected chi connectivity index (χ3v) is 5.20. The molecule has 1 amide bonds. The summed E-state index contributed by atoms with van der Waals surface area (Å²) in [6, 6.07) is 18.0. The van der Waals surface area contributed by atoms with Crippen LogP contribution >= 0.6 is 24.0 Å². The molecule has 1 fully saturated rings. The van der Waals surface area contributed by atoms with Crippen LogP contribution in [0.15, 0.2) is 59.5 Å². The molecule has 116 valence electrons. The Balaban J connectivity index is 1.86. The Kier molecular flexibility index (Phi) is 4.64. The minimum absolute atomic E-state index is 0.0167. The predicted octanol–water partition coefficient (Wildman–Crippen LogP) is 4.96.